The molecule has 1 unspecified atom stereocenters. The van der Waals surface area contributed by atoms with Crippen molar-refractivity contribution in [3.05, 3.63) is 70.4 Å². The minimum absolute atomic E-state index is 0.0154. The van der Waals surface area contributed by atoms with E-state index in [4.69, 9.17) is 20.9 Å². The van der Waals surface area contributed by atoms with Gasteiger partial charge in [-0.2, -0.15) is 0 Å². The number of hydrogen-bond donors (Lipinski definition) is 1. The van der Waals surface area contributed by atoms with Gasteiger partial charge in [0, 0.05) is 28.3 Å². The maximum atomic E-state index is 13.2. The second-order valence-corrected chi connectivity index (χ2v) is 10.8. The van der Waals surface area contributed by atoms with Gasteiger partial charge in [0.2, 0.25) is 0 Å². The zero-order chi connectivity index (χ0) is 24.2. The van der Waals surface area contributed by atoms with Gasteiger partial charge in [0.05, 0.1) is 27.7 Å². The number of nitrogens with one attached hydrogen (secondary N) is 1. The Bertz CT molecular complexity index is 1180. The van der Waals surface area contributed by atoms with Gasteiger partial charge in [0.15, 0.2) is 5.78 Å². The third kappa shape index (κ3) is 6.16. The number of aryl methyl sites for hydroxylation is 1. The third-order valence-corrected chi connectivity index (χ3v) is 6.54. The Labute approximate surface area is 200 Å². The Morgan fingerprint density at radius 1 is 1.12 bits per heavy atom. The second kappa shape index (κ2) is 10.4. The summed E-state index contributed by atoms with van der Waals surface area (Å²) in [7, 11) is -1.30. The average molecular weight is 489 g/mol. The first kappa shape index (κ1) is 24.8. The van der Waals surface area contributed by atoms with Crippen LogP contribution in [0.25, 0.3) is 11.1 Å². The highest BCUT2D eigenvalue weighted by molar-refractivity contribution is 7.84. The lowest BCUT2D eigenvalue weighted by Gasteiger charge is -2.17. The fourth-order valence-electron chi connectivity index (χ4n) is 3.00. The summed E-state index contributed by atoms with van der Waals surface area (Å²) < 4.78 is 25.1. The van der Waals surface area contributed by atoms with Gasteiger partial charge in [-0.1, -0.05) is 35.9 Å². The van der Waals surface area contributed by atoms with Gasteiger partial charge in [-0.15, -0.1) is 0 Å². The fourth-order valence-corrected chi connectivity index (χ4v) is 3.85. The Morgan fingerprint density at radius 3 is 2.45 bits per heavy atom. The number of aromatic nitrogens is 1. The van der Waals surface area contributed by atoms with Crippen LogP contribution in [0, 0.1) is 6.92 Å². The lowest BCUT2D eigenvalue weighted by Crippen LogP contribution is -2.34. The lowest BCUT2D eigenvalue weighted by atomic mass is 9.94. The molecule has 0 amide bonds. The largest absolute Gasteiger partial charge is 0.403 e. The number of ketones is 1. The SMILES string of the molecule is Cc1onc(OC(=O)CCNS(=O)C(C)(C)C)c1-c1ccccc1C(=O)c1ccc(Cl)cc1. The first-order valence-electron chi connectivity index (χ1n) is 10.3. The highest BCUT2D eigenvalue weighted by Gasteiger charge is 2.24. The fraction of sp³-hybridized carbons (Fsp3) is 0.292. The quantitative estimate of drug-likeness (QED) is 0.358. The van der Waals surface area contributed by atoms with E-state index in [1.807, 2.05) is 20.8 Å². The summed E-state index contributed by atoms with van der Waals surface area (Å²) in [4.78, 5) is 25.6. The minimum atomic E-state index is -1.30. The van der Waals surface area contributed by atoms with Crippen molar-refractivity contribution in [2.24, 2.45) is 0 Å². The molecule has 0 bridgehead atoms. The highest BCUT2D eigenvalue weighted by Crippen LogP contribution is 2.36. The number of carbonyl (C=O) groups excluding carboxylic acids is 2. The van der Waals surface area contributed by atoms with E-state index >= 15 is 0 Å². The lowest BCUT2D eigenvalue weighted by molar-refractivity contribution is -0.134. The van der Waals surface area contributed by atoms with Crippen molar-refractivity contribution in [3.63, 3.8) is 0 Å². The number of ether oxygens (including phenoxy) is 1. The van der Waals surface area contributed by atoms with E-state index < -0.39 is 21.7 Å². The Morgan fingerprint density at radius 2 is 1.79 bits per heavy atom. The van der Waals surface area contributed by atoms with Crippen LogP contribution in [0.15, 0.2) is 53.1 Å². The van der Waals surface area contributed by atoms with Gasteiger partial charge in [0.25, 0.3) is 5.88 Å². The van der Waals surface area contributed by atoms with Crippen molar-refractivity contribution in [1.82, 2.24) is 9.88 Å². The van der Waals surface area contributed by atoms with Crippen LogP contribution in [0.4, 0.5) is 0 Å². The molecule has 33 heavy (non-hydrogen) atoms. The molecule has 0 aliphatic heterocycles. The number of halogens is 1. The van der Waals surface area contributed by atoms with Crippen LogP contribution in [0.2, 0.25) is 5.02 Å². The summed E-state index contributed by atoms with van der Waals surface area (Å²) in [5.41, 5.74) is 1.83. The van der Waals surface area contributed by atoms with Crippen LogP contribution < -0.4 is 9.46 Å². The van der Waals surface area contributed by atoms with Gasteiger partial charge < -0.3 is 9.26 Å². The summed E-state index contributed by atoms with van der Waals surface area (Å²) in [5.74, 6) is -0.398. The average Bonchev–Trinajstić information content (AvgIpc) is 3.12. The van der Waals surface area contributed by atoms with Gasteiger partial charge in [-0.3, -0.25) is 9.59 Å². The molecule has 2 aromatic carbocycles. The second-order valence-electron chi connectivity index (χ2n) is 8.30. The highest BCUT2D eigenvalue weighted by atomic mass is 35.5. The zero-order valence-corrected chi connectivity index (χ0v) is 20.4. The van der Waals surface area contributed by atoms with Crippen LogP contribution in [-0.4, -0.2) is 32.4 Å². The molecule has 174 valence electrons. The predicted octanol–water partition coefficient (Wildman–Crippen LogP) is 4.88. The number of esters is 1. The van der Waals surface area contributed by atoms with Crippen molar-refractivity contribution in [1.29, 1.82) is 0 Å². The third-order valence-electron chi connectivity index (χ3n) is 4.71. The number of rotatable bonds is 8. The maximum absolute atomic E-state index is 13.2. The van der Waals surface area contributed by atoms with Crippen molar-refractivity contribution in [2.45, 2.75) is 38.9 Å². The van der Waals surface area contributed by atoms with Gasteiger partial charge in [-0.05, 0) is 57.1 Å². The van der Waals surface area contributed by atoms with Gasteiger partial charge in [-0.25, -0.2) is 8.93 Å². The molecular weight excluding hydrogens is 464 g/mol. The maximum Gasteiger partial charge on any atom is 0.313 e. The van der Waals surface area contributed by atoms with E-state index in [9.17, 15) is 13.8 Å². The van der Waals surface area contributed by atoms with E-state index in [2.05, 4.69) is 9.88 Å². The summed E-state index contributed by atoms with van der Waals surface area (Å²) in [5, 5.41) is 4.40. The van der Waals surface area contributed by atoms with E-state index in [1.54, 1.807) is 55.5 Å². The molecule has 0 saturated carbocycles. The molecule has 0 radical (unpaired) electrons. The van der Waals surface area contributed by atoms with Gasteiger partial charge >= 0.3 is 5.97 Å². The summed E-state index contributed by atoms with van der Waals surface area (Å²) in [6.45, 7) is 7.36. The Kier molecular flexibility index (Phi) is 7.84. The first-order chi connectivity index (χ1) is 15.6. The predicted molar refractivity (Wildman–Crippen MR) is 128 cm³/mol. The van der Waals surface area contributed by atoms with E-state index in [1.165, 1.54) is 0 Å². The van der Waals surface area contributed by atoms with Crippen LogP contribution >= 0.6 is 11.6 Å². The van der Waals surface area contributed by atoms with Crippen molar-refractivity contribution < 1.29 is 23.1 Å². The molecule has 1 heterocycles. The summed E-state index contributed by atoms with van der Waals surface area (Å²) >= 11 is 5.94. The number of carbonyl (C=O) groups is 2. The zero-order valence-electron chi connectivity index (χ0n) is 18.8. The minimum Gasteiger partial charge on any atom is -0.403 e. The molecule has 0 saturated heterocycles. The van der Waals surface area contributed by atoms with E-state index in [-0.39, 0.29) is 24.6 Å². The molecule has 0 aliphatic carbocycles. The van der Waals surface area contributed by atoms with E-state index in [0.717, 1.165) is 0 Å². The van der Waals surface area contributed by atoms with Crippen LogP contribution in [-0.2, 0) is 15.8 Å². The topological polar surface area (TPSA) is 98.5 Å². The van der Waals surface area contributed by atoms with Crippen LogP contribution in [0.1, 0.15) is 48.9 Å². The van der Waals surface area contributed by atoms with E-state index in [0.29, 0.717) is 33.0 Å². The molecule has 9 heteroatoms. The molecule has 0 spiro atoms. The van der Waals surface area contributed by atoms with Crippen LogP contribution in [0.3, 0.4) is 0 Å². The molecule has 3 aromatic rings. The smallest absolute Gasteiger partial charge is 0.313 e. The Hall–Kier alpha value is -2.81. The molecule has 3 rings (SSSR count). The molecule has 1 atom stereocenters. The normalized spacial score (nSPS) is 12.4. The van der Waals surface area contributed by atoms with Crippen molar-refractivity contribution in [2.75, 3.05) is 6.54 Å². The first-order valence-corrected chi connectivity index (χ1v) is 11.8. The molecule has 7 nitrogen and oxygen atoms in total. The summed E-state index contributed by atoms with van der Waals surface area (Å²) in [6.07, 6.45) is -0.0154. The molecule has 0 aliphatic rings. The van der Waals surface area contributed by atoms with Gasteiger partial charge in [0.1, 0.15) is 5.76 Å². The van der Waals surface area contributed by atoms with Crippen molar-refractivity contribution >= 4 is 34.3 Å². The summed E-state index contributed by atoms with van der Waals surface area (Å²) in [6, 6.07) is 13.6. The molecule has 1 N–H and O–H groups in total. The Balaban J connectivity index is 1.81. The van der Waals surface area contributed by atoms with Crippen molar-refractivity contribution in [3.8, 4) is 17.0 Å². The standard InChI is InChI=1S/C24H25ClN2O5S/c1-15-21(23(27-32-15)31-20(28)13-14-26-33(30)24(2,3)4)18-7-5-6-8-19(18)22(29)16-9-11-17(25)12-10-16/h5-12,26H,13-14H2,1-4H3. The monoisotopic (exact) mass is 488 g/mol. The number of hydrogen-bond acceptors (Lipinski definition) is 6. The number of benzene rings is 2. The molecule has 0 fully saturated rings. The molecular formula is C24H25ClN2O5S. The molecule has 1 aromatic heterocycles. The van der Waals surface area contributed by atoms with Crippen LogP contribution in [0.5, 0.6) is 5.88 Å². The number of nitrogens with zero attached hydrogens (tertiary/aromatic N) is 1.